The summed E-state index contributed by atoms with van der Waals surface area (Å²) in [6.07, 6.45) is 1.77. The molecule has 7 heteroatoms. The van der Waals surface area contributed by atoms with E-state index in [0.29, 0.717) is 18.0 Å². The standard InChI is InChI=1S/C17H22N2O5/c1-2-19(9-8-16(21)22)15(20)11-24-14-5-3-4-13(10-14)18-17(23)12-6-7-12/h3-5,10,12H,2,6-9,11H2,1H3,(H,18,23)(H,21,22). The van der Waals surface area contributed by atoms with Crippen LogP contribution in [0.1, 0.15) is 26.2 Å². The van der Waals surface area contributed by atoms with E-state index in [9.17, 15) is 14.4 Å². The zero-order valence-corrected chi connectivity index (χ0v) is 13.7. The molecule has 1 aromatic rings. The fourth-order valence-corrected chi connectivity index (χ4v) is 2.18. The van der Waals surface area contributed by atoms with Gasteiger partial charge in [0.1, 0.15) is 5.75 Å². The van der Waals surface area contributed by atoms with Crippen LogP contribution < -0.4 is 10.1 Å². The van der Waals surface area contributed by atoms with Crippen LogP contribution in [0, 0.1) is 5.92 Å². The molecule has 0 spiro atoms. The van der Waals surface area contributed by atoms with Crippen LogP contribution in [0.4, 0.5) is 5.69 Å². The lowest BCUT2D eigenvalue weighted by Crippen LogP contribution is -2.36. The predicted molar refractivity (Wildman–Crippen MR) is 87.8 cm³/mol. The fraction of sp³-hybridized carbons (Fsp3) is 0.471. The number of carbonyl (C=O) groups is 3. The van der Waals surface area contributed by atoms with E-state index in [4.69, 9.17) is 9.84 Å². The van der Waals surface area contributed by atoms with Gasteiger partial charge in [-0.05, 0) is 31.9 Å². The number of rotatable bonds is 9. The van der Waals surface area contributed by atoms with Gasteiger partial charge in [0.05, 0.1) is 6.42 Å². The molecule has 1 aliphatic carbocycles. The van der Waals surface area contributed by atoms with Crippen LogP contribution in [0.2, 0.25) is 0 Å². The van der Waals surface area contributed by atoms with Gasteiger partial charge in [0.2, 0.25) is 5.91 Å². The largest absolute Gasteiger partial charge is 0.484 e. The molecule has 24 heavy (non-hydrogen) atoms. The second-order valence-corrected chi connectivity index (χ2v) is 5.70. The maximum Gasteiger partial charge on any atom is 0.305 e. The Kier molecular flexibility index (Phi) is 6.17. The summed E-state index contributed by atoms with van der Waals surface area (Å²) in [5, 5.41) is 11.5. The molecule has 0 saturated heterocycles. The molecular weight excluding hydrogens is 312 g/mol. The lowest BCUT2D eigenvalue weighted by atomic mass is 10.3. The minimum atomic E-state index is -0.943. The summed E-state index contributed by atoms with van der Waals surface area (Å²) in [6.45, 7) is 2.19. The number of nitrogens with zero attached hydrogens (tertiary/aromatic N) is 1. The maximum atomic E-state index is 12.1. The average Bonchev–Trinajstić information content (AvgIpc) is 3.38. The van der Waals surface area contributed by atoms with Crippen molar-refractivity contribution in [3.8, 4) is 5.75 Å². The molecule has 0 aromatic heterocycles. The van der Waals surface area contributed by atoms with Crippen LogP contribution in [-0.4, -0.2) is 47.5 Å². The Labute approximate surface area is 140 Å². The number of carboxylic acids is 1. The number of aliphatic carboxylic acids is 1. The van der Waals surface area contributed by atoms with Gasteiger partial charge in [-0.2, -0.15) is 0 Å². The van der Waals surface area contributed by atoms with Crippen molar-refractivity contribution in [1.29, 1.82) is 0 Å². The van der Waals surface area contributed by atoms with E-state index in [-0.39, 0.29) is 37.3 Å². The molecule has 2 N–H and O–H groups in total. The summed E-state index contributed by atoms with van der Waals surface area (Å²) in [5.41, 5.74) is 0.634. The normalized spacial score (nSPS) is 13.2. The molecule has 2 amide bonds. The number of hydrogen-bond donors (Lipinski definition) is 2. The monoisotopic (exact) mass is 334 g/mol. The second kappa shape index (κ2) is 8.33. The molecule has 1 aliphatic rings. The smallest absolute Gasteiger partial charge is 0.305 e. The Morgan fingerprint density at radius 2 is 2.08 bits per heavy atom. The van der Waals surface area contributed by atoms with E-state index in [1.807, 2.05) is 0 Å². The van der Waals surface area contributed by atoms with E-state index in [2.05, 4.69) is 5.32 Å². The topological polar surface area (TPSA) is 95.9 Å². The SMILES string of the molecule is CCN(CCC(=O)O)C(=O)COc1cccc(NC(=O)C2CC2)c1. The number of anilines is 1. The summed E-state index contributed by atoms with van der Waals surface area (Å²) in [4.78, 5) is 35.8. The number of hydrogen-bond acceptors (Lipinski definition) is 4. The summed E-state index contributed by atoms with van der Waals surface area (Å²) < 4.78 is 5.47. The van der Waals surface area contributed by atoms with Crippen molar-refractivity contribution < 1.29 is 24.2 Å². The number of benzene rings is 1. The molecule has 1 aromatic carbocycles. The van der Waals surface area contributed by atoms with E-state index in [1.54, 1.807) is 31.2 Å². The molecule has 0 unspecified atom stereocenters. The molecule has 130 valence electrons. The molecule has 0 radical (unpaired) electrons. The van der Waals surface area contributed by atoms with E-state index in [0.717, 1.165) is 12.8 Å². The first-order valence-corrected chi connectivity index (χ1v) is 8.03. The fourth-order valence-electron chi connectivity index (χ4n) is 2.18. The molecule has 0 atom stereocenters. The van der Waals surface area contributed by atoms with Crippen molar-refractivity contribution in [2.75, 3.05) is 25.0 Å². The highest BCUT2D eigenvalue weighted by Crippen LogP contribution is 2.30. The zero-order chi connectivity index (χ0) is 17.5. The summed E-state index contributed by atoms with van der Waals surface area (Å²) in [6, 6.07) is 6.87. The minimum Gasteiger partial charge on any atom is -0.484 e. The quantitative estimate of drug-likeness (QED) is 0.717. The number of likely N-dealkylation sites (N-methyl/N-ethyl adjacent to an activating group) is 1. The van der Waals surface area contributed by atoms with Crippen molar-refractivity contribution >= 4 is 23.5 Å². The number of amides is 2. The molecular formula is C17H22N2O5. The van der Waals surface area contributed by atoms with Crippen LogP contribution in [0.25, 0.3) is 0 Å². The number of nitrogens with one attached hydrogen (secondary N) is 1. The van der Waals surface area contributed by atoms with E-state index in [1.165, 1.54) is 4.90 Å². The summed E-state index contributed by atoms with van der Waals surface area (Å²) in [5.74, 6) is -0.615. The Bertz CT molecular complexity index is 613. The van der Waals surface area contributed by atoms with Crippen molar-refractivity contribution in [1.82, 2.24) is 4.90 Å². The van der Waals surface area contributed by atoms with Gasteiger partial charge in [-0.1, -0.05) is 6.07 Å². The second-order valence-electron chi connectivity index (χ2n) is 5.70. The Morgan fingerprint density at radius 1 is 1.33 bits per heavy atom. The number of ether oxygens (including phenoxy) is 1. The van der Waals surface area contributed by atoms with Crippen molar-refractivity contribution in [2.45, 2.75) is 26.2 Å². The third kappa shape index (κ3) is 5.57. The van der Waals surface area contributed by atoms with Crippen molar-refractivity contribution in [2.24, 2.45) is 5.92 Å². The van der Waals surface area contributed by atoms with Crippen LogP contribution >= 0.6 is 0 Å². The van der Waals surface area contributed by atoms with Gasteiger partial charge >= 0.3 is 5.97 Å². The lowest BCUT2D eigenvalue weighted by Gasteiger charge is -2.20. The lowest BCUT2D eigenvalue weighted by molar-refractivity contribution is -0.139. The van der Waals surface area contributed by atoms with Gasteiger partial charge in [-0.15, -0.1) is 0 Å². The van der Waals surface area contributed by atoms with Gasteiger partial charge in [0.15, 0.2) is 6.61 Å². The third-order valence-electron chi connectivity index (χ3n) is 3.74. The Balaban J connectivity index is 1.84. The van der Waals surface area contributed by atoms with Crippen LogP contribution in [0.5, 0.6) is 5.75 Å². The average molecular weight is 334 g/mol. The predicted octanol–water partition coefficient (Wildman–Crippen LogP) is 1.74. The highest BCUT2D eigenvalue weighted by molar-refractivity contribution is 5.94. The van der Waals surface area contributed by atoms with Gasteiger partial charge in [-0.3, -0.25) is 14.4 Å². The zero-order valence-electron chi connectivity index (χ0n) is 13.7. The Morgan fingerprint density at radius 3 is 2.71 bits per heavy atom. The van der Waals surface area contributed by atoms with Gasteiger partial charge in [-0.25, -0.2) is 0 Å². The number of carboxylic acid groups (broad SMARTS) is 1. The van der Waals surface area contributed by atoms with Crippen LogP contribution in [0.15, 0.2) is 24.3 Å². The first-order chi connectivity index (χ1) is 11.5. The highest BCUT2D eigenvalue weighted by Gasteiger charge is 2.29. The Hall–Kier alpha value is -2.57. The first-order valence-electron chi connectivity index (χ1n) is 8.03. The molecule has 2 rings (SSSR count). The van der Waals surface area contributed by atoms with Crippen molar-refractivity contribution in [3.63, 3.8) is 0 Å². The summed E-state index contributed by atoms with van der Waals surface area (Å²) >= 11 is 0. The molecule has 0 bridgehead atoms. The third-order valence-corrected chi connectivity index (χ3v) is 3.74. The van der Waals surface area contributed by atoms with E-state index < -0.39 is 5.97 Å². The maximum absolute atomic E-state index is 12.1. The highest BCUT2D eigenvalue weighted by atomic mass is 16.5. The van der Waals surface area contributed by atoms with Crippen LogP contribution in [0.3, 0.4) is 0 Å². The molecule has 1 fully saturated rings. The molecule has 0 aliphatic heterocycles. The first kappa shape index (κ1) is 17.8. The van der Waals surface area contributed by atoms with Gasteiger partial charge < -0.3 is 20.1 Å². The minimum absolute atomic E-state index is 0.00838. The van der Waals surface area contributed by atoms with Crippen LogP contribution in [-0.2, 0) is 14.4 Å². The molecule has 1 saturated carbocycles. The number of carbonyl (C=O) groups excluding carboxylic acids is 2. The summed E-state index contributed by atoms with van der Waals surface area (Å²) in [7, 11) is 0. The van der Waals surface area contributed by atoms with Crippen molar-refractivity contribution in [3.05, 3.63) is 24.3 Å². The molecule has 7 nitrogen and oxygen atoms in total. The molecule has 0 heterocycles. The van der Waals surface area contributed by atoms with E-state index >= 15 is 0 Å². The van der Waals surface area contributed by atoms with Gasteiger partial charge in [0, 0.05) is 30.8 Å². The van der Waals surface area contributed by atoms with Gasteiger partial charge in [0.25, 0.3) is 5.91 Å².